The van der Waals surface area contributed by atoms with E-state index in [2.05, 4.69) is 15.5 Å². The maximum Gasteiger partial charge on any atom is 0.246 e. The van der Waals surface area contributed by atoms with E-state index in [1.54, 1.807) is 7.11 Å². The molecule has 1 heterocycles. The van der Waals surface area contributed by atoms with Gasteiger partial charge in [0.05, 0.1) is 19.7 Å². The number of benzene rings is 1. The minimum absolute atomic E-state index is 0.0672. The molecule has 0 saturated heterocycles. The number of rotatable bonds is 6. The summed E-state index contributed by atoms with van der Waals surface area (Å²) in [6, 6.07) is 6.74. The molecule has 1 aromatic carbocycles. The number of aromatic nitrogens is 2. The van der Waals surface area contributed by atoms with E-state index in [-0.39, 0.29) is 18.4 Å². The van der Waals surface area contributed by atoms with Crippen LogP contribution in [-0.4, -0.2) is 29.2 Å². The van der Waals surface area contributed by atoms with Gasteiger partial charge in [-0.05, 0) is 30.2 Å². The molecule has 0 aliphatic rings. The van der Waals surface area contributed by atoms with Crippen molar-refractivity contribution >= 4 is 5.91 Å². The zero-order chi connectivity index (χ0) is 16.1. The first kappa shape index (κ1) is 16.0. The molecule has 0 aliphatic carbocycles. The lowest BCUT2D eigenvalue weighted by Gasteiger charge is -2.14. The van der Waals surface area contributed by atoms with Gasteiger partial charge < -0.3 is 20.3 Å². The number of nitrogens with two attached hydrogens (primary N) is 1. The first-order valence-electron chi connectivity index (χ1n) is 7.01. The molecule has 0 unspecified atom stereocenters. The van der Waals surface area contributed by atoms with Crippen molar-refractivity contribution in [2.45, 2.75) is 26.4 Å². The number of nitrogens with one attached hydrogen (secondary N) is 1. The standard InChI is InChI=1S/C15H20N4O3/c1-9(2)13(16)15(20)17-8-12-18-14(19-22-12)10-4-6-11(21-3)7-5-10/h4-7,9,13H,8,16H2,1-3H3,(H,17,20)/t13-/m0/s1. The number of hydrogen-bond acceptors (Lipinski definition) is 6. The number of ether oxygens (including phenoxy) is 1. The number of carbonyl (C=O) groups excluding carboxylic acids is 1. The zero-order valence-electron chi connectivity index (χ0n) is 12.9. The summed E-state index contributed by atoms with van der Waals surface area (Å²) in [5.41, 5.74) is 6.56. The molecule has 2 rings (SSSR count). The lowest BCUT2D eigenvalue weighted by Crippen LogP contribution is -2.43. The third-order valence-electron chi connectivity index (χ3n) is 3.25. The van der Waals surface area contributed by atoms with Crippen molar-refractivity contribution in [2.75, 3.05) is 7.11 Å². The molecule has 2 aromatic rings. The highest BCUT2D eigenvalue weighted by molar-refractivity contribution is 5.81. The molecule has 0 saturated carbocycles. The van der Waals surface area contributed by atoms with Gasteiger partial charge in [-0.2, -0.15) is 4.98 Å². The molecule has 7 heteroatoms. The van der Waals surface area contributed by atoms with Crippen LogP contribution in [0.4, 0.5) is 0 Å². The predicted molar refractivity (Wildman–Crippen MR) is 80.9 cm³/mol. The summed E-state index contributed by atoms with van der Waals surface area (Å²) in [6.45, 7) is 3.93. The number of amides is 1. The summed E-state index contributed by atoms with van der Waals surface area (Å²) in [5.74, 6) is 1.37. The Morgan fingerprint density at radius 2 is 2.05 bits per heavy atom. The molecular formula is C15H20N4O3. The second kappa shape index (κ2) is 7.04. The van der Waals surface area contributed by atoms with E-state index in [0.717, 1.165) is 11.3 Å². The van der Waals surface area contributed by atoms with Crippen molar-refractivity contribution in [3.05, 3.63) is 30.2 Å². The van der Waals surface area contributed by atoms with Gasteiger partial charge in [-0.15, -0.1) is 0 Å². The number of nitrogens with zero attached hydrogens (tertiary/aromatic N) is 2. The van der Waals surface area contributed by atoms with Gasteiger partial charge in [-0.1, -0.05) is 19.0 Å². The second-order valence-corrected chi connectivity index (χ2v) is 5.23. The fourth-order valence-corrected chi connectivity index (χ4v) is 1.77. The lowest BCUT2D eigenvalue weighted by molar-refractivity contribution is -0.123. The maximum atomic E-state index is 11.8. The Labute approximate surface area is 128 Å². The van der Waals surface area contributed by atoms with Crippen LogP contribution in [0.1, 0.15) is 19.7 Å². The summed E-state index contributed by atoms with van der Waals surface area (Å²) >= 11 is 0. The van der Waals surface area contributed by atoms with Crippen molar-refractivity contribution in [1.82, 2.24) is 15.5 Å². The van der Waals surface area contributed by atoms with Crippen LogP contribution >= 0.6 is 0 Å². The Hall–Kier alpha value is -2.41. The molecule has 118 valence electrons. The van der Waals surface area contributed by atoms with E-state index in [1.165, 1.54) is 0 Å². The van der Waals surface area contributed by atoms with Gasteiger partial charge in [0.15, 0.2) is 0 Å². The highest BCUT2D eigenvalue weighted by Gasteiger charge is 2.18. The van der Waals surface area contributed by atoms with E-state index in [9.17, 15) is 4.79 Å². The van der Waals surface area contributed by atoms with E-state index < -0.39 is 6.04 Å². The summed E-state index contributed by atoms with van der Waals surface area (Å²) in [7, 11) is 1.60. The Bertz CT molecular complexity index is 622. The van der Waals surface area contributed by atoms with Crippen molar-refractivity contribution in [1.29, 1.82) is 0 Å². The monoisotopic (exact) mass is 304 g/mol. The van der Waals surface area contributed by atoms with Gasteiger partial charge in [0, 0.05) is 5.56 Å². The van der Waals surface area contributed by atoms with E-state index >= 15 is 0 Å². The van der Waals surface area contributed by atoms with Crippen molar-refractivity contribution in [2.24, 2.45) is 11.7 Å². The molecule has 0 bridgehead atoms. The third-order valence-corrected chi connectivity index (χ3v) is 3.25. The summed E-state index contributed by atoms with van der Waals surface area (Å²) < 4.78 is 10.2. The Kier molecular flexibility index (Phi) is 5.11. The van der Waals surface area contributed by atoms with Crippen LogP contribution in [0.15, 0.2) is 28.8 Å². The topological polar surface area (TPSA) is 103 Å². The van der Waals surface area contributed by atoms with E-state index in [4.69, 9.17) is 15.0 Å². The summed E-state index contributed by atoms with van der Waals surface area (Å²) in [4.78, 5) is 16.0. The molecular weight excluding hydrogens is 284 g/mol. The molecule has 1 aromatic heterocycles. The van der Waals surface area contributed by atoms with E-state index in [0.29, 0.717) is 11.7 Å². The maximum absolute atomic E-state index is 11.8. The fourth-order valence-electron chi connectivity index (χ4n) is 1.77. The van der Waals surface area contributed by atoms with Crippen LogP contribution in [0.25, 0.3) is 11.4 Å². The summed E-state index contributed by atoms with van der Waals surface area (Å²) in [5, 5.41) is 6.57. The Balaban J connectivity index is 1.97. The quantitative estimate of drug-likeness (QED) is 0.835. The molecule has 7 nitrogen and oxygen atoms in total. The van der Waals surface area contributed by atoms with Gasteiger partial charge in [0.1, 0.15) is 5.75 Å². The highest BCUT2D eigenvalue weighted by Crippen LogP contribution is 2.19. The van der Waals surface area contributed by atoms with Crippen LogP contribution in [-0.2, 0) is 11.3 Å². The van der Waals surface area contributed by atoms with Crippen LogP contribution in [0.2, 0.25) is 0 Å². The third kappa shape index (κ3) is 3.82. The van der Waals surface area contributed by atoms with Gasteiger partial charge >= 0.3 is 0 Å². The van der Waals surface area contributed by atoms with Crippen LogP contribution in [0, 0.1) is 5.92 Å². The molecule has 1 amide bonds. The number of carbonyl (C=O) groups is 1. The average Bonchev–Trinajstić information content (AvgIpc) is 3.00. The zero-order valence-corrected chi connectivity index (χ0v) is 12.9. The van der Waals surface area contributed by atoms with Crippen LogP contribution < -0.4 is 15.8 Å². The normalized spacial score (nSPS) is 12.2. The molecule has 0 aliphatic heterocycles. The molecule has 3 N–H and O–H groups in total. The average molecular weight is 304 g/mol. The minimum Gasteiger partial charge on any atom is -0.497 e. The summed E-state index contributed by atoms with van der Waals surface area (Å²) in [6.07, 6.45) is 0. The fraction of sp³-hybridized carbons (Fsp3) is 0.400. The Morgan fingerprint density at radius 3 is 2.64 bits per heavy atom. The van der Waals surface area contributed by atoms with Gasteiger partial charge in [-0.3, -0.25) is 4.79 Å². The SMILES string of the molecule is COc1ccc(-c2noc(CNC(=O)[C@@H](N)C(C)C)n2)cc1. The first-order chi connectivity index (χ1) is 10.5. The number of hydrogen-bond donors (Lipinski definition) is 2. The van der Waals surface area contributed by atoms with Gasteiger partial charge in [-0.25, -0.2) is 0 Å². The predicted octanol–water partition coefficient (Wildman–Crippen LogP) is 1.34. The highest BCUT2D eigenvalue weighted by atomic mass is 16.5. The van der Waals surface area contributed by atoms with E-state index in [1.807, 2.05) is 38.1 Å². The van der Waals surface area contributed by atoms with Crippen LogP contribution in [0.3, 0.4) is 0 Å². The molecule has 0 fully saturated rings. The second-order valence-electron chi connectivity index (χ2n) is 5.23. The first-order valence-corrected chi connectivity index (χ1v) is 7.01. The van der Waals surface area contributed by atoms with Crippen LogP contribution in [0.5, 0.6) is 5.75 Å². The minimum atomic E-state index is -0.552. The Morgan fingerprint density at radius 1 is 1.36 bits per heavy atom. The molecule has 0 spiro atoms. The smallest absolute Gasteiger partial charge is 0.246 e. The lowest BCUT2D eigenvalue weighted by atomic mass is 10.1. The number of methoxy groups -OCH3 is 1. The molecule has 22 heavy (non-hydrogen) atoms. The van der Waals surface area contributed by atoms with Crippen molar-refractivity contribution in [3.8, 4) is 17.1 Å². The van der Waals surface area contributed by atoms with Gasteiger partial charge in [0.25, 0.3) is 0 Å². The molecule has 1 atom stereocenters. The molecule has 0 radical (unpaired) electrons. The van der Waals surface area contributed by atoms with Gasteiger partial charge in [0.2, 0.25) is 17.6 Å². The largest absolute Gasteiger partial charge is 0.497 e. The van der Waals surface area contributed by atoms with Crippen molar-refractivity contribution in [3.63, 3.8) is 0 Å². The van der Waals surface area contributed by atoms with Crippen molar-refractivity contribution < 1.29 is 14.1 Å².